The van der Waals surface area contributed by atoms with Gasteiger partial charge in [-0.1, -0.05) is 0 Å². The second kappa shape index (κ2) is 9.62. The van der Waals surface area contributed by atoms with Gasteiger partial charge >= 0.3 is 6.09 Å². The maximum Gasteiger partial charge on any atom is 0.410 e. The molecule has 2 aliphatic rings. The molecule has 0 spiro atoms. The Balaban J connectivity index is 1.46. The van der Waals surface area contributed by atoms with Crippen molar-refractivity contribution in [3.63, 3.8) is 0 Å². The third kappa shape index (κ3) is 5.79. The highest BCUT2D eigenvalue weighted by atomic mass is 16.6. The number of hydrogen-bond donors (Lipinski definition) is 1. The highest BCUT2D eigenvalue weighted by molar-refractivity contribution is 5.75. The predicted octanol–water partition coefficient (Wildman–Crippen LogP) is 6.08. The molecule has 0 unspecified atom stereocenters. The Bertz CT molecular complexity index is 967. The molecule has 33 heavy (non-hydrogen) atoms. The maximum atomic E-state index is 12.4. The number of carbonyl (C=O) groups is 1. The summed E-state index contributed by atoms with van der Waals surface area (Å²) in [6, 6.07) is 10.3. The molecule has 2 N–H and O–H groups in total. The van der Waals surface area contributed by atoms with Crippen LogP contribution in [0.1, 0.15) is 76.5 Å². The van der Waals surface area contributed by atoms with E-state index in [4.69, 9.17) is 20.2 Å². The van der Waals surface area contributed by atoms with Crippen LogP contribution in [0.15, 0.2) is 30.3 Å². The quantitative estimate of drug-likeness (QED) is 0.610. The van der Waals surface area contributed by atoms with Crippen molar-refractivity contribution in [3.05, 3.63) is 41.6 Å². The molecule has 1 aliphatic heterocycles. The summed E-state index contributed by atoms with van der Waals surface area (Å²) in [6.45, 7) is 9.08. The van der Waals surface area contributed by atoms with Crippen LogP contribution in [0.5, 0.6) is 5.75 Å². The molecule has 2 aromatic rings. The third-order valence-electron chi connectivity index (χ3n) is 6.58. The van der Waals surface area contributed by atoms with Gasteiger partial charge in [-0.25, -0.2) is 4.79 Å². The van der Waals surface area contributed by atoms with Crippen molar-refractivity contribution in [3.8, 4) is 17.0 Å². The Hall–Kier alpha value is -2.76. The number of ether oxygens (including phenoxy) is 2. The average Bonchev–Trinajstić information content (AvgIpc) is 3.28. The average molecular weight is 452 g/mol. The van der Waals surface area contributed by atoms with E-state index in [9.17, 15) is 4.79 Å². The highest BCUT2D eigenvalue weighted by Crippen LogP contribution is 2.34. The standard InChI is InChI=1S/C27H37N3O3/c1-18-17-23(19-13-15-30(16-14-19)26(31)33-27(2,3)4)29-25(24(18)28)20-9-11-22(12-10-20)32-21-7-5-6-8-21/h9-12,17,19,21H,5-8,13-16,28H2,1-4H3. The van der Waals surface area contributed by atoms with Gasteiger partial charge in [0.25, 0.3) is 0 Å². The molecule has 0 atom stereocenters. The second-order valence-electron chi connectivity index (χ2n) is 10.4. The first-order valence-corrected chi connectivity index (χ1v) is 12.2. The predicted molar refractivity (Wildman–Crippen MR) is 131 cm³/mol. The zero-order valence-electron chi connectivity index (χ0n) is 20.4. The summed E-state index contributed by atoms with van der Waals surface area (Å²) < 4.78 is 11.6. The van der Waals surface area contributed by atoms with Gasteiger partial charge < -0.3 is 20.1 Å². The Labute approximate surface area is 197 Å². The molecule has 1 amide bonds. The molecule has 2 heterocycles. The van der Waals surface area contributed by atoms with Gasteiger partial charge in [-0.15, -0.1) is 0 Å². The Morgan fingerprint density at radius 1 is 1.06 bits per heavy atom. The van der Waals surface area contributed by atoms with Crippen LogP contribution in [-0.2, 0) is 4.74 Å². The number of aromatic nitrogens is 1. The van der Waals surface area contributed by atoms with Crippen molar-refractivity contribution in [2.45, 2.75) is 83.8 Å². The van der Waals surface area contributed by atoms with E-state index in [0.717, 1.165) is 59.6 Å². The van der Waals surface area contributed by atoms with Crippen LogP contribution in [0.25, 0.3) is 11.3 Å². The van der Waals surface area contributed by atoms with E-state index in [1.54, 1.807) is 4.90 Å². The lowest BCUT2D eigenvalue weighted by Crippen LogP contribution is -2.41. The van der Waals surface area contributed by atoms with E-state index in [2.05, 4.69) is 18.2 Å². The van der Waals surface area contributed by atoms with Crippen LogP contribution in [0.2, 0.25) is 0 Å². The van der Waals surface area contributed by atoms with Gasteiger partial charge in [0.05, 0.1) is 17.5 Å². The first-order chi connectivity index (χ1) is 15.7. The first kappa shape index (κ1) is 23.4. The molecule has 1 aliphatic carbocycles. The molecular formula is C27H37N3O3. The number of aryl methyl sites for hydroxylation is 1. The Morgan fingerprint density at radius 3 is 2.30 bits per heavy atom. The molecule has 0 radical (unpaired) electrons. The maximum absolute atomic E-state index is 12.4. The van der Waals surface area contributed by atoms with E-state index < -0.39 is 5.60 Å². The largest absolute Gasteiger partial charge is 0.490 e. The van der Waals surface area contributed by atoms with Crippen molar-refractivity contribution in [1.29, 1.82) is 0 Å². The zero-order chi connectivity index (χ0) is 23.6. The normalized spacial score (nSPS) is 17.9. The monoisotopic (exact) mass is 451 g/mol. The van der Waals surface area contributed by atoms with Gasteiger partial charge in [-0.05, 0) is 102 Å². The minimum atomic E-state index is -0.476. The number of hydrogen-bond acceptors (Lipinski definition) is 5. The van der Waals surface area contributed by atoms with Crippen molar-refractivity contribution in [2.75, 3.05) is 18.8 Å². The minimum absolute atomic E-state index is 0.233. The van der Waals surface area contributed by atoms with E-state index in [1.165, 1.54) is 12.8 Å². The van der Waals surface area contributed by atoms with Crippen LogP contribution in [0, 0.1) is 6.92 Å². The summed E-state index contributed by atoms with van der Waals surface area (Å²) in [5.74, 6) is 1.21. The van der Waals surface area contributed by atoms with E-state index in [0.29, 0.717) is 25.1 Å². The van der Waals surface area contributed by atoms with Crippen LogP contribution in [0.4, 0.5) is 10.5 Å². The zero-order valence-corrected chi connectivity index (χ0v) is 20.4. The lowest BCUT2D eigenvalue weighted by Gasteiger charge is -2.33. The fraction of sp³-hybridized carbons (Fsp3) is 0.556. The molecule has 6 heteroatoms. The lowest BCUT2D eigenvalue weighted by molar-refractivity contribution is 0.0204. The number of nitrogen functional groups attached to an aromatic ring is 1. The lowest BCUT2D eigenvalue weighted by atomic mass is 9.91. The second-order valence-corrected chi connectivity index (χ2v) is 10.4. The van der Waals surface area contributed by atoms with Crippen LogP contribution in [0.3, 0.4) is 0 Å². The fourth-order valence-electron chi connectivity index (χ4n) is 4.71. The fourth-order valence-corrected chi connectivity index (χ4v) is 4.71. The molecule has 6 nitrogen and oxygen atoms in total. The number of pyridine rings is 1. The third-order valence-corrected chi connectivity index (χ3v) is 6.58. The number of benzene rings is 1. The van der Waals surface area contributed by atoms with Gasteiger partial charge in [0, 0.05) is 30.3 Å². The number of rotatable bonds is 4. The van der Waals surface area contributed by atoms with Gasteiger partial charge in [0.2, 0.25) is 0 Å². The van der Waals surface area contributed by atoms with Gasteiger partial charge in [-0.2, -0.15) is 0 Å². The molecule has 1 saturated heterocycles. The van der Waals surface area contributed by atoms with Crippen molar-refractivity contribution >= 4 is 11.8 Å². The Morgan fingerprint density at radius 2 is 1.70 bits per heavy atom. The number of anilines is 1. The summed E-state index contributed by atoms with van der Waals surface area (Å²) >= 11 is 0. The molecular weight excluding hydrogens is 414 g/mol. The molecule has 0 bridgehead atoms. The minimum Gasteiger partial charge on any atom is -0.490 e. The molecule has 178 valence electrons. The molecule has 1 saturated carbocycles. The summed E-state index contributed by atoms with van der Waals surface area (Å²) in [4.78, 5) is 19.2. The molecule has 1 aromatic heterocycles. The van der Waals surface area contributed by atoms with Crippen molar-refractivity contribution < 1.29 is 14.3 Å². The highest BCUT2D eigenvalue weighted by Gasteiger charge is 2.28. The van der Waals surface area contributed by atoms with Gasteiger partial charge in [-0.3, -0.25) is 4.98 Å². The van der Waals surface area contributed by atoms with Crippen molar-refractivity contribution in [2.24, 2.45) is 0 Å². The number of nitrogens with two attached hydrogens (primary N) is 1. The summed E-state index contributed by atoms with van der Waals surface area (Å²) in [5, 5.41) is 0. The van der Waals surface area contributed by atoms with Crippen LogP contribution in [-0.4, -0.2) is 40.8 Å². The topological polar surface area (TPSA) is 77.7 Å². The molecule has 1 aromatic carbocycles. The van der Waals surface area contributed by atoms with Gasteiger partial charge in [0.15, 0.2) is 0 Å². The number of piperidine rings is 1. The van der Waals surface area contributed by atoms with Crippen LogP contribution < -0.4 is 10.5 Å². The number of likely N-dealkylation sites (tertiary alicyclic amines) is 1. The van der Waals surface area contributed by atoms with E-state index >= 15 is 0 Å². The van der Waals surface area contributed by atoms with E-state index in [-0.39, 0.29) is 6.09 Å². The summed E-state index contributed by atoms with van der Waals surface area (Å²) in [5.41, 5.74) is 10.6. The number of nitrogens with zero attached hydrogens (tertiary/aromatic N) is 2. The van der Waals surface area contributed by atoms with Crippen molar-refractivity contribution in [1.82, 2.24) is 9.88 Å². The molecule has 4 rings (SSSR count). The summed E-state index contributed by atoms with van der Waals surface area (Å²) in [6.07, 6.45) is 6.64. The number of amides is 1. The SMILES string of the molecule is Cc1cc(C2CCN(C(=O)OC(C)(C)C)CC2)nc(-c2ccc(OC3CCCC3)cc2)c1N. The summed E-state index contributed by atoms with van der Waals surface area (Å²) in [7, 11) is 0. The number of carbonyl (C=O) groups excluding carboxylic acids is 1. The smallest absolute Gasteiger partial charge is 0.410 e. The van der Waals surface area contributed by atoms with E-state index in [1.807, 2.05) is 39.8 Å². The van der Waals surface area contributed by atoms with Gasteiger partial charge in [0.1, 0.15) is 11.4 Å². The molecule has 2 fully saturated rings. The first-order valence-electron chi connectivity index (χ1n) is 12.2. The Kier molecular flexibility index (Phi) is 6.82. The van der Waals surface area contributed by atoms with Crippen LogP contribution >= 0.6 is 0 Å².